The van der Waals surface area contributed by atoms with E-state index in [0.717, 1.165) is 42.7 Å². The highest BCUT2D eigenvalue weighted by Gasteiger charge is 2.23. The van der Waals surface area contributed by atoms with Crippen LogP contribution in [0.3, 0.4) is 0 Å². The molecule has 1 atom stereocenters. The van der Waals surface area contributed by atoms with E-state index in [0.29, 0.717) is 11.2 Å². The molecule has 2 aliphatic rings. The van der Waals surface area contributed by atoms with Crippen LogP contribution in [0.4, 0.5) is 0 Å². The van der Waals surface area contributed by atoms with Crippen LogP contribution in [0, 0.1) is 5.92 Å². The van der Waals surface area contributed by atoms with Crippen molar-refractivity contribution in [3.05, 3.63) is 17.3 Å². The van der Waals surface area contributed by atoms with E-state index in [4.69, 9.17) is 16.3 Å². The molecular formula is C17H23ClN4O. The molecule has 0 amide bonds. The lowest BCUT2D eigenvalue weighted by atomic mass is 9.86. The third-order valence-corrected chi connectivity index (χ3v) is 5.31. The van der Waals surface area contributed by atoms with Gasteiger partial charge in [0.15, 0.2) is 5.65 Å². The van der Waals surface area contributed by atoms with Gasteiger partial charge in [-0.15, -0.1) is 0 Å². The number of fused-ring (bicyclic) bond motifs is 1. The quantitative estimate of drug-likeness (QED) is 0.785. The zero-order valence-electron chi connectivity index (χ0n) is 13.4. The Morgan fingerprint density at radius 1 is 1.09 bits per heavy atom. The van der Waals surface area contributed by atoms with Gasteiger partial charge in [-0.3, -0.25) is 4.57 Å². The minimum atomic E-state index is 0.0299. The Labute approximate surface area is 141 Å². The lowest BCUT2D eigenvalue weighted by Crippen LogP contribution is -2.18. The van der Waals surface area contributed by atoms with Gasteiger partial charge in [0.2, 0.25) is 5.28 Å². The number of imidazole rings is 1. The molecule has 5 nitrogen and oxygen atoms in total. The van der Waals surface area contributed by atoms with Gasteiger partial charge in [-0.2, -0.15) is 4.98 Å². The van der Waals surface area contributed by atoms with E-state index in [1.54, 1.807) is 0 Å². The molecule has 1 saturated carbocycles. The number of rotatable bonds is 3. The maximum atomic E-state index is 6.21. The first-order valence-electron chi connectivity index (χ1n) is 8.82. The number of ether oxygens (including phenoxy) is 1. The molecule has 1 unspecified atom stereocenters. The Morgan fingerprint density at radius 3 is 2.70 bits per heavy atom. The molecule has 2 aromatic heterocycles. The molecule has 0 bridgehead atoms. The minimum absolute atomic E-state index is 0.0299. The highest BCUT2D eigenvalue weighted by atomic mass is 35.5. The maximum Gasteiger partial charge on any atom is 0.224 e. The molecule has 2 fully saturated rings. The second-order valence-corrected chi connectivity index (χ2v) is 7.13. The molecular weight excluding hydrogens is 312 g/mol. The van der Waals surface area contributed by atoms with Crippen LogP contribution >= 0.6 is 11.6 Å². The summed E-state index contributed by atoms with van der Waals surface area (Å²) in [7, 11) is 0. The van der Waals surface area contributed by atoms with Crippen LogP contribution in [0.5, 0.6) is 0 Å². The second-order valence-electron chi connectivity index (χ2n) is 6.79. The number of halogens is 1. The number of hydrogen-bond donors (Lipinski definition) is 0. The van der Waals surface area contributed by atoms with E-state index in [2.05, 4.69) is 15.0 Å². The number of aromatic nitrogens is 4. The molecule has 124 valence electrons. The monoisotopic (exact) mass is 334 g/mol. The van der Waals surface area contributed by atoms with Crippen molar-refractivity contribution in [1.82, 2.24) is 19.5 Å². The third kappa shape index (κ3) is 3.22. The Balaban J connectivity index is 1.66. The van der Waals surface area contributed by atoms with Crippen LogP contribution in [0.15, 0.2) is 6.33 Å². The van der Waals surface area contributed by atoms with Crippen LogP contribution < -0.4 is 0 Å². The van der Waals surface area contributed by atoms with E-state index < -0.39 is 0 Å². The summed E-state index contributed by atoms with van der Waals surface area (Å²) in [6.07, 6.45) is 12.7. The topological polar surface area (TPSA) is 52.8 Å². The van der Waals surface area contributed by atoms with E-state index in [-0.39, 0.29) is 6.23 Å². The minimum Gasteiger partial charge on any atom is -0.358 e. The standard InChI is InChI=1S/C17H23ClN4O/c18-17-20-13(10-12-6-2-1-3-7-12)15-16(21-17)22(11-19-15)14-8-4-5-9-23-14/h11-12,14H,1-10H2. The van der Waals surface area contributed by atoms with Crippen molar-refractivity contribution < 1.29 is 4.74 Å². The van der Waals surface area contributed by atoms with Gasteiger partial charge in [0.25, 0.3) is 0 Å². The molecule has 23 heavy (non-hydrogen) atoms. The van der Waals surface area contributed by atoms with Crippen molar-refractivity contribution in [3.63, 3.8) is 0 Å². The first-order valence-corrected chi connectivity index (χ1v) is 9.19. The highest BCUT2D eigenvalue weighted by Crippen LogP contribution is 2.30. The lowest BCUT2D eigenvalue weighted by Gasteiger charge is -2.24. The highest BCUT2D eigenvalue weighted by molar-refractivity contribution is 6.28. The van der Waals surface area contributed by atoms with Gasteiger partial charge in [0.05, 0.1) is 12.0 Å². The van der Waals surface area contributed by atoms with Gasteiger partial charge < -0.3 is 4.74 Å². The Morgan fingerprint density at radius 2 is 1.91 bits per heavy atom. The van der Waals surface area contributed by atoms with Gasteiger partial charge in [-0.05, 0) is 43.2 Å². The predicted molar refractivity (Wildman–Crippen MR) is 89.5 cm³/mol. The van der Waals surface area contributed by atoms with Gasteiger partial charge in [0, 0.05) is 6.61 Å². The summed E-state index contributed by atoms with van der Waals surface area (Å²) < 4.78 is 7.91. The Hall–Kier alpha value is -1.20. The zero-order chi connectivity index (χ0) is 15.6. The van der Waals surface area contributed by atoms with Crippen molar-refractivity contribution in [2.75, 3.05) is 6.61 Å². The summed E-state index contributed by atoms with van der Waals surface area (Å²) in [6.45, 7) is 0.804. The van der Waals surface area contributed by atoms with E-state index in [1.165, 1.54) is 38.5 Å². The lowest BCUT2D eigenvalue weighted by molar-refractivity contribution is -0.0298. The SMILES string of the molecule is Clc1nc(CC2CCCCC2)c2ncn(C3CCCCO3)c2n1. The molecule has 1 aliphatic carbocycles. The van der Waals surface area contributed by atoms with Gasteiger partial charge in [0.1, 0.15) is 11.7 Å². The zero-order valence-corrected chi connectivity index (χ0v) is 14.1. The summed E-state index contributed by atoms with van der Waals surface area (Å²) in [5.41, 5.74) is 2.72. The molecule has 0 spiro atoms. The fourth-order valence-corrected chi connectivity index (χ4v) is 4.09. The molecule has 0 aromatic carbocycles. The van der Waals surface area contributed by atoms with Crippen molar-refractivity contribution >= 4 is 22.8 Å². The summed E-state index contributed by atoms with van der Waals surface area (Å²) in [5, 5.41) is 0.320. The molecule has 4 rings (SSSR count). The van der Waals surface area contributed by atoms with Gasteiger partial charge in [-0.25, -0.2) is 9.97 Å². The molecule has 1 aliphatic heterocycles. The van der Waals surface area contributed by atoms with Crippen LogP contribution in [0.25, 0.3) is 11.2 Å². The summed E-state index contributed by atoms with van der Waals surface area (Å²) >= 11 is 6.21. The number of nitrogens with zero attached hydrogens (tertiary/aromatic N) is 4. The summed E-state index contributed by atoms with van der Waals surface area (Å²) in [4.78, 5) is 13.5. The fraction of sp³-hybridized carbons (Fsp3) is 0.706. The normalized spacial score (nSPS) is 23.4. The van der Waals surface area contributed by atoms with Crippen molar-refractivity contribution in [1.29, 1.82) is 0 Å². The average Bonchev–Trinajstić information content (AvgIpc) is 3.00. The smallest absolute Gasteiger partial charge is 0.224 e. The van der Waals surface area contributed by atoms with Crippen LogP contribution in [-0.4, -0.2) is 26.1 Å². The molecule has 0 radical (unpaired) electrons. The van der Waals surface area contributed by atoms with E-state index in [9.17, 15) is 0 Å². The van der Waals surface area contributed by atoms with Crippen LogP contribution in [0.2, 0.25) is 5.28 Å². The maximum absolute atomic E-state index is 6.21. The third-order valence-electron chi connectivity index (χ3n) is 5.14. The van der Waals surface area contributed by atoms with E-state index >= 15 is 0 Å². The molecule has 6 heteroatoms. The summed E-state index contributed by atoms with van der Waals surface area (Å²) in [6, 6.07) is 0. The fourth-order valence-electron chi connectivity index (χ4n) is 3.91. The second kappa shape index (κ2) is 6.73. The predicted octanol–water partition coefficient (Wildman–Crippen LogP) is 4.30. The molecule has 2 aromatic rings. The molecule has 1 saturated heterocycles. The van der Waals surface area contributed by atoms with Gasteiger partial charge in [-0.1, -0.05) is 32.1 Å². The largest absolute Gasteiger partial charge is 0.358 e. The summed E-state index contributed by atoms with van der Waals surface area (Å²) in [5.74, 6) is 0.703. The number of hydrogen-bond acceptors (Lipinski definition) is 4. The molecule has 3 heterocycles. The Bertz CT molecular complexity index is 675. The van der Waals surface area contributed by atoms with Crippen LogP contribution in [0.1, 0.15) is 63.3 Å². The van der Waals surface area contributed by atoms with Crippen molar-refractivity contribution in [2.45, 2.75) is 64.0 Å². The van der Waals surface area contributed by atoms with Crippen LogP contribution in [-0.2, 0) is 11.2 Å². The first kappa shape index (κ1) is 15.3. The Kier molecular flexibility index (Phi) is 4.49. The van der Waals surface area contributed by atoms with E-state index in [1.807, 2.05) is 10.9 Å². The van der Waals surface area contributed by atoms with Crippen molar-refractivity contribution in [2.24, 2.45) is 5.92 Å². The average molecular weight is 335 g/mol. The first-order chi connectivity index (χ1) is 11.3. The molecule has 0 N–H and O–H groups in total. The van der Waals surface area contributed by atoms with Crippen molar-refractivity contribution in [3.8, 4) is 0 Å². The van der Waals surface area contributed by atoms with Gasteiger partial charge >= 0.3 is 0 Å².